The number of hydrogen-bond acceptors (Lipinski definition) is 14. The van der Waals surface area contributed by atoms with Gasteiger partial charge in [0.05, 0.1) is 26.4 Å². The third-order valence-electron chi connectivity index (χ3n) is 12.2. The van der Waals surface area contributed by atoms with Crippen molar-refractivity contribution in [3.63, 3.8) is 0 Å². The van der Waals surface area contributed by atoms with E-state index in [2.05, 4.69) is 86.8 Å². The SMILES string of the molecule is CC/C=C\C/C=C\C/C=C\C/C=C\CCCCCCCCC(=O)OC(COCCCCCCCC/C=C\C/C=C\CCCCC)COC1OC(COC2OC(CO)C(O)C(O)C2O)C(O)C(O)C1O. The number of aliphatic hydroxyl groups is 7. The summed E-state index contributed by atoms with van der Waals surface area (Å²) in [6.45, 7) is 3.49. The molecule has 14 heteroatoms. The van der Waals surface area contributed by atoms with Crippen LogP contribution in [-0.2, 0) is 33.2 Å². The molecule has 0 radical (unpaired) electrons. The van der Waals surface area contributed by atoms with E-state index in [1.54, 1.807) is 0 Å². The third kappa shape index (κ3) is 29.5. The molecule has 0 amide bonds. The van der Waals surface area contributed by atoms with Crippen LogP contribution in [0, 0.1) is 0 Å². The number of carbonyl (C=O) groups is 1. The molecule has 0 aliphatic carbocycles. The fourth-order valence-electron chi connectivity index (χ4n) is 7.89. The Hall–Kier alpha value is -2.57. The van der Waals surface area contributed by atoms with Gasteiger partial charge in [0.1, 0.15) is 54.9 Å². The van der Waals surface area contributed by atoms with Crippen molar-refractivity contribution in [1.29, 1.82) is 0 Å². The molecule has 0 bridgehead atoms. The zero-order valence-electron chi connectivity index (χ0n) is 42.3. The molecule has 0 saturated carbocycles. The average molecular weight is 979 g/mol. The fourth-order valence-corrected chi connectivity index (χ4v) is 7.89. The molecule has 0 spiro atoms. The van der Waals surface area contributed by atoms with Gasteiger partial charge in [-0.3, -0.25) is 4.79 Å². The van der Waals surface area contributed by atoms with E-state index in [9.17, 15) is 40.5 Å². The predicted molar refractivity (Wildman–Crippen MR) is 270 cm³/mol. The van der Waals surface area contributed by atoms with Gasteiger partial charge in [-0.2, -0.15) is 0 Å². The first-order valence-electron chi connectivity index (χ1n) is 26.5. The molecule has 2 rings (SSSR count). The summed E-state index contributed by atoms with van der Waals surface area (Å²) >= 11 is 0. The summed E-state index contributed by atoms with van der Waals surface area (Å²) in [4.78, 5) is 13.0. The number of hydrogen-bond donors (Lipinski definition) is 7. The highest BCUT2D eigenvalue weighted by molar-refractivity contribution is 5.69. The van der Waals surface area contributed by atoms with Crippen molar-refractivity contribution in [3.8, 4) is 0 Å². The Morgan fingerprint density at radius 2 is 0.942 bits per heavy atom. The standard InChI is InChI=1S/C55H94O14/c1-3-5-7-9-11-13-15-17-19-21-22-23-24-26-28-30-32-34-36-38-47(57)67-44(41-64-39-37-35-33-31-29-27-25-20-18-16-14-12-10-8-6-4-2)42-65-54-53(63)51(61)49(59)46(69-54)43-66-55-52(62)50(60)48(58)45(40-56)68-55/h5,7,11-14,17-20,22-23,44-46,48-56,58-63H,3-4,6,8-10,15-16,21,24-43H2,1-2H3/b7-5-,13-11-,14-12-,19-17-,20-18-,23-22-. The van der Waals surface area contributed by atoms with Crippen LogP contribution in [0.5, 0.6) is 0 Å². The zero-order valence-corrected chi connectivity index (χ0v) is 42.3. The molecule has 0 aromatic rings. The fraction of sp³-hybridized carbons (Fsp3) is 0.764. The molecular weight excluding hydrogens is 885 g/mol. The van der Waals surface area contributed by atoms with Crippen molar-refractivity contribution in [2.45, 2.75) is 235 Å². The highest BCUT2D eigenvalue weighted by atomic mass is 16.7. The Kier molecular flexibility index (Phi) is 38.1. The molecule has 14 nitrogen and oxygen atoms in total. The predicted octanol–water partition coefficient (Wildman–Crippen LogP) is 8.29. The van der Waals surface area contributed by atoms with Gasteiger partial charge in [0, 0.05) is 13.0 Å². The van der Waals surface area contributed by atoms with Crippen molar-refractivity contribution < 1.29 is 69.0 Å². The quantitative estimate of drug-likeness (QED) is 0.0175. The lowest BCUT2D eigenvalue weighted by Gasteiger charge is -2.42. The maximum atomic E-state index is 13.0. The molecule has 2 saturated heterocycles. The van der Waals surface area contributed by atoms with E-state index in [1.165, 1.54) is 38.5 Å². The summed E-state index contributed by atoms with van der Waals surface area (Å²) < 4.78 is 34.3. The summed E-state index contributed by atoms with van der Waals surface area (Å²) in [6, 6.07) is 0. The molecule has 2 fully saturated rings. The first-order chi connectivity index (χ1) is 33.6. The molecule has 398 valence electrons. The first-order valence-corrected chi connectivity index (χ1v) is 26.5. The van der Waals surface area contributed by atoms with Crippen LogP contribution in [0.3, 0.4) is 0 Å². The van der Waals surface area contributed by atoms with E-state index in [4.69, 9.17) is 28.4 Å². The maximum absolute atomic E-state index is 13.0. The number of ether oxygens (including phenoxy) is 6. The summed E-state index contributed by atoms with van der Waals surface area (Å²) in [5, 5.41) is 72.2. The smallest absolute Gasteiger partial charge is 0.306 e. The lowest BCUT2D eigenvalue weighted by Crippen LogP contribution is -2.61. The van der Waals surface area contributed by atoms with Crippen LogP contribution in [0.1, 0.15) is 168 Å². The number of rotatable bonds is 41. The van der Waals surface area contributed by atoms with E-state index in [0.29, 0.717) is 13.0 Å². The molecule has 2 aliphatic heterocycles. The van der Waals surface area contributed by atoms with Gasteiger partial charge in [0.15, 0.2) is 12.6 Å². The second kappa shape index (κ2) is 42.0. The molecule has 11 unspecified atom stereocenters. The highest BCUT2D eigenvalue weighted by Crippen LogP contribution is 2.26. The van der Waals surface area contributed by atoms with Crippen LogP contribution in [0.15, 0.2) is 72.9 Å². The van der Waals surface area contributed by atoms with Crippen molar-refractivity contribution >= 4 is 5.97 Å². The minimum absolute atomic E-state index is 0.0446. The number of allylic oxidation sites excluding steroid dienone is 12. The lowest BCUT2D eigenvalue weighted by molar-refractivity contribution is -0.332. The van der Waals surface area contributed by atoms with Gasteiger partial charge >= 0.3 is 5.97 Å². The van der Waals surface area contributed by atoms with Crippen molar-refractivity contribution in [1.82, 2.24) is 0 Å². The number of carbonyl (C=O) groups excluding carboxylic acids is 1. The number of esters is 1. The van der Waals surface area contributed by atoms with Crippen LogP contribution in [0.4, 0.5) is 0 Å². The molecular formula is C55H94O14. The van der Waals surface area contributed by atoms with Gasteiger partial charge in [-0.25, -0.2) is 0 Å². The van der Waals surface area contributed by atoms with Crippen LogP contribution >= 0.6 is 0 Å². The molecule has 2 aliphatic rings. The molecule has 11 atom stereocenters. The van der Waals surface area contributed by atoms with Gasteiger partial charge in [0.25, 0.3) is 0 Å². The zero-order chi connectivity index (χ0) is 50.2. The van der Waals surface area contributed by atoms with Crippen molar-refractivity contribution in [2.24, 2.45) is 0 Å². The molecule has 69 heavy (non-hydrogen) atoms. The van der Waals surface area contributed by atoms with Crippen molar-refractivity contribution in [3.05, 3.63) is 72.9 Å². The van der Waals surface area contributed by atoms with E-state index in [-0.39, 0.29) is 19.6 Å². The Morgan fingerprint density at radius 1 is 0.493 bits per heavy atom. The van der Waals surface area contributed by atoms with Gasteiger partial charge in [-0.05, 0) is 83.5 Å². The number of unbranched alkanes of at least 4 members (excludes halogenated alkanes) is 15. The summed E-state index contributed by atoms with van der Waals surface area (Å²) in [6.07, 6.45) is 35.2. The second-order valence-corrected chi connectivity index (χ2v) is 18.3. The summed E-state index contributed by atoms with van der Waals surface area (Å²) in [5.41, 5.74) is 0. The van der Waals surface area contributed by atoms with E-state index in [0.717, 1.165) is 103 Å². The van der Waals surface area contributed by atoms with Gasteiger partial charge < -0.3 is 64.2 Å². The Bertz CT molecular complexity index is 1410. The largest absolute Gasteiger partial charge is 0.457 e. The summed E-state index contributed by atoms with van der Waals surface area (Å²) in [7, 11) is 0. The Labute approximate surface area is 415 Å². The van der Waals surface area contributed by atoms with Crippen LogP contribution in [0.25, 0.3) is 0 Å². The van der Waals surface area contributed by atoms with E-state index >= 15 is 0 Å². The van der Waals surface area contributed by atoms with E-state index in [1.807, 2.05) is 0 Å². The van der Waals surface area contributed by atoms with Crippen LogP contribution in [0.2, 0.25) is 0 Å². The topological polar surface area (TPSA) is 214 Å². The van der Waals surface area contributed by atoms with Gasteiger partial charge in [0.2, 0.25) is 0 Å². The molecule has 7 N–H and O–H groups in total. The monoisotopic (exact) mass is 979 g/mol. The Balaban J connectivity index is 1.77. The van der Waals surface area contributed by atoms with Crippen LogP contribution in [-0.4, -0.2) is 142 Å². The van der Waals surface area contributed by atoms with Gasteiger partial charge in [-0.15, -0.1) is 0 Å². The first kappa shape index (κ1) is 62.5. The maximum Gasteiger partial charge on any atom is 0.306 e. The highest BCUT2D eigenvalue weighted by Gasteiger charge is 2.47. The molecule has 2 heterocycles. The molecule has 0 aromatic heterocycles. The normalized spacial score (nSPS) is 26.3. The summed E-state index contributed by atoms with van der Waals surface area (Å²) in [5.74, 6) is -0.397. The van der Waals surface area contributed by atoms with Crippen LogP contribution < -0.4 is 0 Å². The van der Waals surface area contributed by atoms with E-state index < -0.39 is 86.7 Å². The van der Waals surface area contributed by atoms with Crippen molar-refractivity contribution in [2.75, 3.05) is 33.0 Å². The minimum Gasteiger partial charge on any atom is -0.457 e. The second-order valence-electron chi connectivity index (χ2n) is 18.3. The molecule has 0 aromatic carbocycles. The number of aliphatic hydroxyl groups excluding tert-OH is 7. The minimum atomic E-state index is -1.71. The average Bonchev–Trinajstić information content (AvgIpc) is 3.35. The lowest BCUT2D eigenvalue weighted by atomic mass is 9.98. The third-order valence-corrected chi connectivity index (χ3v) is 12.2. The Morgan fingerprint density at radius 3 is 1.48 bits per heavy atom. The van der Waals surface area contributed by atoms with Gasteiger partial charge in [-0.1, -0.05) is 151 Å².